The van der Waals surface area contributed by atoms with Crippen LogP contribution in [0.15, 0.2) is 18.2 Å². The highest BCUT2D eigenvalue weighted by atomic mass is 16.5. The Hall–Kier alpha value is -0.915. The maximum atomic E-state index is 5.68. The molecule has 1 aromatic rings. The molecule has 1 nitrogen and oxygen atoms in total. The molecule has 1 rings (SSSR count). The molecule has 14 heavy (non-hydrogen) atoms. The van der Waals surface area contributed by atoms with Gasteiger partial charge in [0, 0.05) is 0 Å². The third kappa shape index (κ3) is 2.79. The maximum Gasteiger partial charge on any atom is 0.144 e. The van der Waals surface area contributed by atoms with Crippen LogP contribution in [-0.4, -0.2) is 14.0 Å². The van der Waals surface area contributed by atoms with Gasteiger partial charge >= 0.3 is 0 Å². The van der Waals surface area contributed by atoms with Crippen LogP contribution < -0.4 is 10.2 Å². The van der Waals surface area contributed by atoms with Crippen LogP contribution in [0.25, 0.3) is 0 Å². The first kappa shape index (κ1) is 11.2. The number of rotatable bonds is 3. The Morgan fingerprint density at radius 1 is 1.14 bits per heavy atom. The fraction of sp³-hybridized carbons (Fsp3) is 0.500. The molecule has 0 spiro atoms. The highest BCUT2D eigenvalue weighted by Crippen LogP contribution is 2.17. The predicted octanol–water partition coefficient (Wildman–Crippen LogP) is 1.86. The summed E-state index contributed by atoms with van der Waals surface area (Å²) in [5, 5.41) is 0. The first-order valence-electron chi connectivity index (χ1n) is 5.28. The van der Waals surface area contributed by atoms with Gasteiger partial charge in [0.2, 0.25) is 0 Å². The van der Waals surface area contributed by atoms with Crippen molar-refractivity contribution in [3.63, 3.8) is 0 Å². The summed E-state index contributed by atoms with van der Waals surface area (Å²) >= 11 is 0. The monoisotopic (exact) mass is 190 g/mol. The molecule has 0 N–H and O–H groups in total. The van der Waals surface area contributed by atoms with Crippen LogP contribution in [0.5, 0.6) is 5.75 Å². The minimum absolute atomic E-state index is 0.249. The summed E-state index contributed by atoms with van der Waals surface area (Å²) in [5.74, 6) is 1.59. The van der Waals surface area contributed by atoms with Crippen molar-refractivity contribution in [2.24, 2.45) is 0 Å². The fourth-order valence-corrected chi connectivity index (χ4v) is 1.42. The summed E-state index contributed by atoms with van der Waals surface area (Å²) in [6.07, 6.45) is 0.249. The summed E-state index contributed by atoms with van der Waals surface area (Å²) in [5.41, 5.74) is 2.60. The molecule has 0 radical (unpaired) electrons. The van der Waals surface area contributed by atoms with E-state index in [4.69, 9.17) is 4.74 Å². The van der Waals surface area contributed by atoms with Gasteiger partial charge in [-0.15, -0.1) is 0 Å². The second-order valence-electron chi connectivity index (χ2n) is 4.35. The molecule has 0 aliphatic rings. The zero-order chi connectivity index (χ0) is 10.7. The molecule has 0 aliphatic carbocycles. The molecule has 1 aromatic carbocycles. The third-order valence-corrected chi connectivity index (χ3v) is 2.23. The molecule has 2 heteroatoms. The average Bonchev–Trinajstić information content (AvgIpc) is 2.07. The van der Waals surface area contributed by atoms with E-state index in [1.165, 1.54) is 11.0 Å². The summed E-state index contributed by atoms with van der Waals surface area (Å²) in [4.78, 5) is 0. The molecule has 0 bridgehead atoms. The molecule has 0 saturated heterocycles. The lowest BCUT2D eigenvalue weighted by Crippen LogP contribution is -2.15. The van der Waals surface area contributed by atoms with E-state index in [0.717, 1.165) is 5.75 Å². The summed E-state index contributed by atoms with van der Waals surface area (Å²) in [6, 6.07) is 6.43. The Morgan fingerprint density at radius 2 is 1.79 bits per heavy atom. The zero-order valence-corrected chi connectivity index (χ0v) is 9.79. The molecule has 0 aliphatic heterocycles. The molecule has 0 saturated carbocycles. The average molecular weight is 190 g/mol. The second kappa shape index (κ2) is 4.54. The lowest BCUT2D eigenvalue weighted by molar-refractivity contribution is 0.244. The van der Waals surface area contributed by atoms with Gasteiger partial charge in [0.1, 0.15) is 13.6 Å². The fourth-order valence-electron chi connectivity index (χ4n) is 1.42. The van der Waals surface area contributed by atoms with Crippen LogP contribution >= 0.6 is 0 Å². The second-order valence-corrected chi connectivity index (χ2v) is 4.35. The Kier molecular flexibility index (Phi) is 3.62. The first-order chi connectivity index (χ1) is 6.50. The van der Waals surface area contributed by atoms with E-state index in [-0.39, 0.29) is 6.10 Å². The number of hydrogen-bond acceptors (Lipinski definition) is 1. The van der Waals surface area contributed by atoms with Gasteiger partial charge in [0.25, 0.3) is 0 Å². The molecule has 0 heterocycles. The van der Waals surface area contributed by atoms with Gasteiger partial charge in [0.15, 0.2) is 0 Å². The molecule has 76 valence electrons. The van der Waals surface area contributed by atoms with Crippen LogP contribution in [-0.2, 0) is 0 Å². The quantitative estimate of drug-likeness (QED) is 0.661. The van der Waals surface area contributed by atoms with Gasteiger partial charge in [-0.2, -0.15) is 0 Å². The lowest BCUT2D eigenvalue weighted by Gasteiger charge is -2.14. The topological polar surface area (TPSA) is 9.23 Å². The van der Waals surface area contributed by atoms with E-state index in [1.54, 1.807) is 0 Å². The Balaban J connectivity index is 2.90. The van der Waals surface area contributed by atoms with Crippen LogP contribution in [0.3, 0.4) is 0 Å². The molecule has 0 atom stereocenters. The van der Waals surface area contributed by atoms with Gasteiger partial charge in [0.05, 0.1) is 6.10 Å². The minimum Gasteiger partial charge on any atom is -0.492 e. The molecule has 0 amide bonds. The van der Waals surface area contributed by atoms with E-state index in [1.807, 2.05) is 0 Å². The van der Waals surface area contributed by atoms with Crippen molar-refractivity contribution in [2.45, 2.75) is 39.7 Å². The van der Waals surface area contributed by atoms with Crippen molar-refractivity contribution >= 4 is 13.3 Å². The smallest absolute Gasteiger partial charge is 0.144 e. The van der Waals surface area contributed by atoms with E-state index >= 15 is 0 Å². The first-order valence-corrected chi connectivity index (χ1v) is 5.28. The molecule has 0 unspecified atom stereocenters. The number of hydrogen-bond donors (Lipinski definition) is 0. The van der Waals surface area contributed by atoms with E-state index in [2.05, 4.69) is 53.7 Å². The Labute approximate surface area is 87.9 Å². The van der Waals surface area contributed by atoms with Crippen molar-refractivity contribution in [1.29, 1.82) is 0 Å². The lowest BCUT2D eigenvalue weighted by atomic mass is 9.90. The van der Waals surface area contributed by atoms with Gasteiger partial charge in [-0.05, 0) is 36.9 Å². The van der Waals surface area contributed by atoms with Crippen LogP contribution in [0.2, 0.25) is 0 Å². The third-order valence-electron chi connectivity index (χ3n) is 2.23. The van der Waals surface area contributed by atoms with Crippen molar-refractivity contribution in [3.8, 4) is 5.75 Å². The maximum absolute atomic E-state index is 5.68. The van der Waals surface area contributed by atoms with Crippen LogP contribution in [0.4, 0.5) is 0 Å². The van der Waals surface area contributed by atoms with Crippen LogP contribution in [0, 0.1) is 0 Å². The van der Waals surface area contributed by atoms with Gasteiger partial charge in [-0.1, -0.05) is 26.0 Å². The predicted molar refractivity (Wildman–Crippen MR) is 64.5 cm³/mol. The van der Waals surface area contributed by atoms with Crippen LogP contribution in [0.1, 0.15) is 39.2 Å². The molecular weight excluding hydrogens is 171 g/mol. The zero-order valence-electron chi connectivity index (χ0n) is 9.79. The number of ether oxygens (including phenoxy) is 1. The molecule has 0 aromatic heterocycles. The van der Waals surface area contributed by atoms with Gasteiger partial charge in [-0.25, -0.2) is 0 Å². The van der Waals surface area contributed by atoms with Gasteiger partial charge in [-0.3, -0.25) is 0 Å². The van der Waals surface area contributed by atoms with E-state index < -0.39 is 0 Å². The minimum atomic E-state index is 0.249. The van der Waals surface area contributed by atoms with Gasteiger partial charge < -0.3 is 4.74 Å². The van der Waals surface area contributed by atoms with E-state index in [0.29, 0.717) is 5.92 Å². The highest BCUT2D eigenvalue weighted by molar-refractivity contribution is 6.34. The highest BCUT2D eigenvalue weighted by Gasteiger charge is 2.04. The Bertz CT molecular complexity index is 305. The number of benzene rings is 1. The van der Waals surface area contributed by atoms with Crippen molar-refractivity contribution in [3.05, 3.63) is 23.8 Å². The van der Waals surface area contributed by atoms with Crippen molar-refractivity contribution in [2.75, 3.05) is 0 Å². The molecule has 0 fully saturated rings. The standard InChI is InChI=1S/C12H19BO/c1-8(2)10-5-6-12(11(13)7-10)14-9(3)4/h5-9H,13H2,1-4H3. The molecular formula is C12H19BO. The van der Waals surface area contributed by atoms with E-state index in [9.17, 15) is 0 Å². The summed E-state index contributed by atoms with van der Waals surface area (Å²) in [7, 11) is 2.10. The normalized spacial score (nSPS) is 11.0. The van der Waals surface area contributed by atoms with Crippen molar-refractivity contribution in [1.82, 2.24) is 0 Å². The largest absolute Gasteiger partial charge is 0.492 e. The summed E-state index contributed by atoms with van der Waals surface area (Å²) in [6.45, 7) is 8.51. The summed E-state index contributed by atoms with van der Waals surface area (Å²) < 4.78 is 5.68. The SMILES string of the molecule is Bc1cc(C(C)C)ccc1OC(C)C. The Morgan fingerprint density at radius 3 is 2.21 bits per heavy atom. The van der Waals surface area contributed by atoms with Crippen molar-refractivity contribution < 1.29 is 4.74 Å².